The molecule has 92 valence electrons. The highest BCUT2D eigenvalue weighted by Gasteiger charge is 2.53. The maximum absolute atomic E-state index is 4.72. The van der Waals surface area contributed by atoms with Crippen molar-refractivity contribution in [3.8, 4) is 11.3 Å². The normalized spacial score (nSPS) is 31.4. The number of rotatable bonds is 1. The van der Waals surface area contributed by atoms with E-state index in [1.807, 2.05) is 6.20 Å². The molecule has 0 radical (unpaired) electrons. The SMILES string of the molecule is BC12CCC(B)(C1)c1c2ccnc1-c1ccccc1. The van der Waals surface area contributed by atoms with Gasteiger partial charge in [-0.3, -0.25) is 4.98 Å². The van der Waals surface area contributed by atoms with Crippen LogP contribution in [0.5, 0.6) is 0 Å². The molecule has 4 rings (SSSR count). The van der Waals surface area contributed by atoms with Crippen LogP contribution in [0.25, 0.3) is 11.3 Å². The summed E-state index contributed by atoms with van der Waals surface area (Å²) in [5.41, 5.74) is 5.55. The van der Waals surface area contributed by atoms with Gasteiger partial charge in [0.15, 0.2) is 0 Å². The Hall–Kier alpha value is -1.50. The molecule has 1 aromatic carbocycles. The first-order chi connectivity index (χ1) is 9.12. The molecule has 1 aromatic heterocycles. The largest absolute Gasteiger partial charge is 0.256 e. The molecule has 2 atom stereocenters. The zero-order valence-corrected chi connectivity index (χ0v) is 11.6. The van der Waals surface area contributed by atoms with E-state index in [4.69, 9.17) is 4.98 Å². The summed E-state index contributed by atoms with van der Waals surface area (Å²) in [5.74, 6) is 0. The van der Waals surface area contributed by atoms with Crippen LogP contribution in [0.2, 0.25) is 0 Å². The van der Waals surface area contributed by atoms with Gasteiger partial charge in [-0.25, -0.2) is 0 Å². The molecule has 0 saturated heterocycles. The molecule has 3 heteroatoms. The first-order valence-corrected chi connectivity index (χ1v) is 7.18. The lowest BCUT2D eigenvalue weighted by atomic mass is 9.62. The molecule has 1 fully saturated rings. The van der Waals surface area contributed by atoms with E-state index in [-0.39, 0.29) is 0 Å². The minimum Gasteiger partial charge on any atom is -0.256 e. The fourth-order valence-corrected chi connectivity index (χ4v) is 4.42. The Morgan fingerprint density at radius 1 is 0.947 bits per heavy atom. The summed E-state index contributed by atoms with van der Waals surface area (Å²) in [6.45, 7) is 0. The van der Waals surface area contributed by atoms with Gasteiger partial charge in [0.2, 0.25) is 0 Å². The number of aromatic nitrogens is 1. The van der Waals surface area contributed by atoms with Crippen LogP contribution in [-0.2, 0) is 10.6 Å². The van der Waals surface area contributed by atoms with E-state index in [2.05, 4.69) is 52.1 Å². The van der Waals surface area contributed by atoms with E-state index in [9.17, 15) is 0 Å². The number of fused-ring (bicyclic) bond motifs is 5. The highest BCUT2D eigenvalue weighted by atomic mass is 14.7. The second-order valence-electron chi connectivity index (χ2n) is 6.75. The van der Waals surface area contributed by atoms with Crippen molar-refractivity contribution in [3.63, 3.8) is 0 Å². The summed E-state index contributed by atoms with van der Waals surface area (Å²) in [6.07, 6.45) is 5.92. The molecule has 19 heavy (non-hydrogen) atoms. The van der Waals surface area contributed by atoms with Gasteiger partial charge in [-0.05, 0) is 34.2 Å². The first kappa shape index (κ1) is 11.3. The third kappa shape index (κ3) is 1.42. The number of hydrogen-bond acceptors (Lipinski definition) is 1. The van der Waals surface area contributed by atoms with E-state index >= 15 is 0 Å². The molecule has 1 nitrogen and oxygen atoms in total. The molecular weight excluding hydrogens is 228 g/mol. The molecule has 2 unspecified atom stereocenters. The van der Waals surface area contributed by atoms with E-state index < -0.39 is 0 Å². The smallest absolute Gasteiger partial charge is 0.115 e. The monoisotopic (exact) mass is 245 g/mol. The molecule has 1 heterocycles. The van der Waals surface area contributed by atoms with Gasteiger partial charge in [0.25, 0.3) is 0 Å². The number of hydrogen-bond donors (Lipinski definition) is 0. The Balaban J connectivity index is 2.01. The van der Waals surface area contributed by atoms with Crippen LogP contribution in [0.3, 0.4) is 0 Å². The topological polar surface area (TPSA) is 12.9 Å². The third-order valence-corrected chi connectivity index (χ3v) is 5.26. The van der Waals surface area contributed by atoms with Crippen LogP contribution in [0.1, 0.15) is 30.4 Å². The van der Waals surface area contributed by atoms with Gasteiger partial charge in [0.1, 0.15) is 15.7 Å². The Bertz CT molecular complexity index is 655. The van der Waals surface area contributed by atoms with Crippen LogP contribution in [0.15, 0.2) is 42.6 Å². The predicted octanol–water partition coefficient (Wildman–Crippen LogP) is 1.60. The van der Waals surface area contributed by atoms with Crippen LogP contribution < -0.4 is 0 Å². The summed E-state index contributed by atoms with van der Waals surface area (Å²) in [5, 5.41) is 0.722. The van der Waals surface area contributed by atoms with Crippen molar-refractivity contribution < 1.29 is 0 Å². The molecule has 0 aliphatic heterocycles. The summed E-state index contributed by atoms with van der Waals surface area (Å²) < 4.78 is 0. The minimum atomic E-state index is 0.337. The average molecular weight is 245 g/mol. The fourth-order valence-electron chi connectivity index (χ4n) is 4.42. The molecule has 0 amide bonds. The molecule has 2 bridgehead atoms. The number of pyridine rings is 1. The number of benzene rings is 1. The summed E-state index contributed by atoms with van der Waals surface area (Å²) in [4.78, 5) is 4.72. The minimum absolute atomic E-state index is 0.337. The predicted molar refractivity (Wildman–Crippen MR) is 84.0 cm³/mol. The molecule has 2 aliphatic rings. The van der Waals surface area contributed by atoms with Crippen molar-refractivity contribution in [1.29, 1.82) is 0 Å². The van der Waals surface area contributed by atoms with Crippen molar-refractivity contribution in [1.82, 2.24) is 4.98 Å². The molecule has 0 N–H and O–H groups in total. The quantitative estimate of drug-likeness (QED) is 0.695. The Morgan fingerprint density at radius 2 is 1.68 bits per heavy atom. The van der Waals surface area contributed by atoms with E-state index in [0.717, 1.165) is 0 Å². The lowest BCUT2D eigenvalue weighted by Crippen LogP contribution is -2.23. The lowest BCUT2D eigenvalue weighted by molar-refractivity contribution is 0.646. The van der Waals surface area contributed by atoms with Crippen LogP contribution in [0.4, 0.5) is 0 Å². The van der Waals surface area contributed by atoms with Crippen molar-refractivity contribution in [2.75, 3.05) is 0 Å². The summed E-state index contributed by atoms with van der Waals surface area (Å²) in [6, 6.07) is 12.9. The fraction of sp³-hybridized carbons (Fsp3) is 0.312. The van der Waals surface area contributed by atoms with Gasteiger partial charge in [-0.2, -0.15) is 0 Å². The van der Waals surface area contributed by atoms with Gasteiger partial charge in [-0.15, -0.1) is 0 Å². The van der Waals surface area contributed by atoms with Gasteiger partial charge in [0, 0.05) is 11.8 Å². The molecule has 0 spiro atoms. The molecule has 2 aromatic rings. The highest BCUT2D eigenvalue weighted by molar-refractivity contribution is 6.23. The van der Waals surface area contributed by atoms with Crippen LogP contribution in [-0.4, -0.2) is 20.7 Å². The van der Waals surface area contributed by atoms with E-state index in [0.29, 0.717) is 10.6 Å². The van der Waals surface area contributed by atoms with Gasteiger partial charge in [-0.1, -0.05) is 43.2 Å². The summed E-state index contributed by atoms with van der Waals surface area (Å²) in [7, 11) is 4.86. The van der Waals surface area contributed by atoms with Gasteiger partial charge >= 0.3 is 0 Å². The Kier molecular flexibility index (Phi) is 2.11. The van der Waals surface area contributed by atoms with Crippen molar-refractivity contribution >= 4 is 15.7 Å². The Labute approximate surface area is 116 Å². The highest BCUT2D eigenvalue weighted by Crippen LogP contribution is 2.59. The molecular formula is C16H17B2N. The number of nitrogens with zero attached hydrogens (tertiary/aromatic N) is 1. The van der Waals surface area contributed by atoms with Crippen molar-refractivity contribution in [2.24, 2.45) is 0 Å². The maximum atomic E-state index is 4.72. The second kappa shape index (κ2) is 3.53. The first-order valence-electron chi connectivity index (χ1n) is 7.18. The van der Waals surface area contributed by atoms with Gasteiger partial charge in [0.05, 0.1) is 5.69 Å². The standard InChI is InChI=1S/C16H17B2N/c17-15-7-8-16(18,10-15)13-12(15)6-9-19-14(13)11-4-2-1-3-5-11/h1-6,9H,7-8,10,17-18H2. The van der Waals surface area contributed by atoms with Crippen molar-refractivity contribution in [2.45, 2.75) is 29.9 Å². The zero-order chi connectivity index (χ0) is 13.1. The van der Waals surface area contributed by atoms with E-state index in [1.54, 1.807) is 5.56 Å². The molecule has 2 aliphatic carbocycles. The lowest BCUT2D eigenvalue weighted by Gasteiger charge is -2.29. The Morgan fingerprint density at radius 3 is 2.47 bits per heavy atom. The molecule has 1 saturated carbocycles. The zero-order valence-electron chi connectivity index (χ0n) is 11.6. The van der Waals surface area contributed by atoms with Gasteiger partial charge < -0.3 is 0 Å². The summed E-state index contributed by atoms with van der Waals surface area (Å²) >= 11 is 0. The van der Waals surface area contributed by atoms with Crippen LogP contribution in [0, 0.1) is 0 Å². The second-order valence-corrected chi connectivity index (χ2v) is 6.75. The average Bonchev–Trinajstić information content (AvgIpc) is 2.88. The maximum Gasteiger partial charge on any atom is 0.115 e. The third-order valence-electron chi connectivity index (χ3n) is 5.26. The van der Waals surface area contributed by atoms with E-state index in [1.165, 1.54) is 36.1 Å². The van der Waals surface area contributed by atoms with Crippen LogP contribution >= 0.6 is 0 Å². The van der Waals surface area contributed by atoms with Crippen molar-refractivity contribution in [3.05, 3.63) is 53.7 Å².